The minimum Gasteiger partial charge on any atom is -0.449 e. The van der Waals surface area contributed by atoms with E-state index in [9.17, 15) is 4.79 Å². The average Bonchev–Trinajstić information content (AvgIpc) is 1.93. The van der Waals surface area contributed by atoms with Crippen LogP contribution in [0.15, 0.2) is 18.3 Å². The Bertz CT molecular complexity index is 272. The molecule has 0 atom stereocenters. The lowest BCUT2D eigenvalue weighted by molar-refractivity contribution is 0.142. The third kappa shape index (κ3) is 1.93. The van der Waals surface area contributed by atoms with Gasteiger partial charge in [-0.1, -0.05) is 6.07 Å². The van der Waals surface area contributed by atoms with Gasteiger partial charge in [0.15, 0.2) is 0 Å². The molecule has 0 aliphatic heterocycles. The predicted molar refractivity (Wildman–Crippen MR) is 37.6 cm³/mol. The molecule has 0 aromatic carbocycles. The van der Waals surface area contributed by atoms with Gasteiger partial charge in [0.1, 0.15) is 0 Å². The van der Waals surface area contributed by atoms with Crippen molar-refractivity contribution >= 4 is 6.16 Å². The van der Waals surface area contributed by atoms with E-state index >= 15 is 0 Å². The van der Waals surface area contributed by atoms with E-state index in [-0.39, 0.29) is 5.88 Å². The molecule has 0 saturated carbocycles. The monoisotopic (exact) mass is 153 g/mol. The number of nitrogens with zero attached hydrogens (tertiary/aromatic N) is 1. The number of carbonyl (C=O) groups is 1. The minimum absolute atomic E-state index is 0.139. The van der Waals surface area contributed by atoms with Crippen LogP contribution in [-0.2, 0) is 0 Å². The number of aryl methyl sites for hydroxylation is 1. The van der Waals surface area contributed by atoms with Crippen molar-refractivity contribution in [2.24, 2.45) is 0 Å². The standard InChI is InChI=1S/C7H7NO3/c1-5-3-2-4-8-6(5)11-7(9)10/h2-4H,1H3,(H,9,10). The molecule has 0 unspecified atom stereocenters. The van der Waals surface area contributed by atoms with Gasteiger partial charge in [-0.2, -0.15) is 0 Å². The fourth-order valence-corrected chi connectivity index (χ4v) is 0.661. The van der Waals surface area contributed by atoms with Crippen molar-refractivity contribution in [1.82, 2.24) is 4.98 Å². The number of ether oxygens (including phenoxy) is 1. The Labute approximate surface area is 63.5 Å². The van der Waals surface area contributed by atoms with Gasteiger partial charge in [-0.25, -0.2) is 9.78 Å². The van der Waals surface area contributed by atoms with Gasteiger partial charge < -0.3 is 9.84 Å². The Morgan fingerprint density at radius 2 is 2.45 bits per heavy atom. The highest BCUT2D eigenvalue weighted by atomic mass is 16.7. The van der Waals surface area contributed by atoms with E-state index in [2.05, 4.69) is 9.72 Å². The molecule has 11 heavy (non-hydrogen) atoms. The maximum absolute atomic E-state index is 10.1. The van der Waals surface area contributed by atoms with Crippen molar-refractivity contribution in [2.75, 3.05) is 0 Å². The predicted octanol–water partition coefficient (Wildman–Crippen LogP) is 1.45. The van der Waals surface area contributed by atoms with E-state index in [0.29, 0.717) is 5.56 Å². The lowest BCUT2D eigenvalue weighted by Gasteiger charge is -1.99. The van der Waals surface area contributed by atoms with Gasteiger partial charge in [0.05, 0.1) is 0 Å². The normalized spacial score (nSPS) is 9.18. The Morgan fingerprint density at radius 3 is 3.00 bits per heavy atom. The SMILES string of the molecule is Cc1cccnc1OC(=O)O. The summed E-state index contributed by atoms with van der Waals surface area (Å²) in [5.41, 5.74) is 0.704. The molecule has 0 saturated heterocycles. The van der Waals surface area contributed by atoms with Gasteiger partial charge in [-0.15, -0.1) is 0 Å². The van der Waals surface area contributed by atoms with Crippen LogP contribution in [0.1, 0.15) is 5.56 Å². The third-order valence-corrected chi connectivity index (χ3v) is 1.15. The van der Waals surface area contributed by atoms with Gasteiger partial charge >= 0.3 is 6.16 Å². The summed E-state index contributed by atoms with van der Waals surface area (Å²) < 4.78 is 4.35. The largest absolute Gasteiger partial charge is 0.512 e. The van der Waals surface area contributed by atoms with Crippen molar-refractivity contribution in [3.63, 3.8) is 0 Å². The highest BCUT2D eigenvalue weighted by molar-refractivity contribution is 5.60. The van der Waals surface area contributed by atoms with Gasteiger partial charge in [-0.3, -0.25) is 0 Å². The van der Waals surface area contributed by atoms with Crippen molar-refractivity contribution < 1.29 is 14.6 Å². The molecule has 0 aliphatic rings. The summed E-state index contributed by atoms with van der Waals surface area (Å²) in [6.07, 6.45) is 0.137. The maximum Gasteiger partial charge on any atom is 0.512 e. The van der Waals surface area contributed by atoms with Crippen LogP contribution in [-0.4, -0.2) is 16.2 Å². The van der Waals surface area contributed by atoms with E-state index in [0.717, 1.165) is 0 Å². The first-order chi connectivity index (χ1) is 5.20. The van der Waals surface area contributed by atoms with E-state index in [1.165, 1.54) is 6.20 Å². The van der Waals surface area contributed by atoms with Crippen molar-refractivity contribution in [1.29, 1.82) is 0 Å². The summed E-state index contributed by atoms with van der Waals surface area (Å²) in [4.78, 5) is 13.8. The number of hydrogen-bond donors (Lipinski definition) is 1. The zero-order valence-corrected chi connectivity index (χ0v) is 5.94. The second kappa shape index (κ2) is 3.01. The van der Waals surface area contributed by atoms with Crippen LogP contribution in [0.5, 0.6) is 5.88 Å². The highest BCUT2D eigenvalue weighted by Crippen LogP contribution is 2.11. The second-order valence-corrected chi connectivity index (χ2v) is 1.99. The first kappa shape index (κ1) is 7.53. The Balaban J connectivity index is 2.86. The molecule has 4 heteroatoms. The highest BCUT2D eigenvalue weighted by Gasteiger charge is 2.03. The minimum atomic E-state index is -1.34. The summed E-state index contributed by atoms with van der Waals surface area (Å²) in [6, 6.07) is 3.44. The molecular formula is C7H7NO3. The second-order valence-electron chi connectivity index (χ2n) is 1.99. The summed E-state index contributed by atoms with van der Waals surface area (Å²) >= 11 is 0. The molecule has 0 bridgehead atoms. The fourth-order valence-electron chi connectivity index (χ4n) is 0.661. The molecule has 1 N–H and O–H groups in total. The molecule has 1 aromatic heterocycles. The quantitative estimate of drug-likeness (QED) is 0.620. The molecule has 58 valence electrons. The number of aromatic nitrogens is 1. The van der Waals surface area contributed by atoms with Crippen LogP contribution < -0.4 is 4.74 Å². The van der Waals surface area contributed by atoms with Crippen molar-refractivity contribution in [3.8, 4) is 5.88 Å². The average molecular weight is 153 g/mol. The van der Waals surface area contributed by atoms with Crippen molar-refractivity contribution in [3.05, 3.63) is 23.9 Å². The van der Waals surface area contributed by atoms with Crippen LogP contribution >= 0.6 is 0 Å². The number of hydrogen-bond acceptors (Lipinski definition) is 3. The van der Waals surface area contributed by atoms with Gasteiger partial charge in [-0.05, 0) is 13.0 Å². The maximum atomic E-state index is 10.1. The molecular weight excluding hydrogens is 146 g/mol. The number of rotatable bonds is 1. The number of carboxylic acid groups (broad SMARTS) is 1. The first-order valence-electron chi connectivity index (χ1n) is 3.02. The van der Waals surface area contributed by atoms with Crippen LogP contribution in [0, 0.1) is 6.92 Å². The van der Waals surface area contributed by atoms with E-state index in [1.807, 2.05) is 0 Å². The third-order valence-electron chi connectivity index (χ3n) is 1.15. The molecule has 4 nitrogen and oxygen atoms in total. The van der Waals surface area contributed by atoms with E-state index in [4.69, 9.17) is 5.11 Å². The Hall–Kier alpha value is -1.58. The molecule has 0 radical (unpaired) electrons. The van der Waals surface area contributed by atoms with Crippen molar-refractivity contribution in [2.45, 2.75) is 6.92 Å². The zero-order valence-electron chi connectivity index (χ0n) is 5.94. The summed E-state index contributed by atoms with van der Waals surface area (Å²) in [6.45, 7) is 1.73. The Kier molecular flexibility index (Phi) is 2.06. The first-order valence-corrected chi connectivity index (χ1v) is 3.02. The number of pyridine rings is 1. The van der Waals surface area contributed by atoms with Crippen LogP contribution in [0.2, 0.25) is 0 Å². The van der Waals surface area contributed by atoms with Gasteiger partial charge in [0.2, 0.25) is 5.88 Å². The molecule has 0 aliphatic carbocycles. The smallest absolute Gasteiger partial charge is 0.449 e. The van der Waals surface area contributed by atoms with Gasteiger partial charge in [0.25, 0.3) is 0 Å². The molecule has 0 amide bonds. The van der Waals surface area contributed by atoms with E-state index < -0.39 is 6.16 Å². The molecule has 1 heterocycles. The van der Waals surface area contributed by atoms with Crippen LogP contribution in [0.3, 0.4) is 0 Å². The topological polar surface area (TPSA) is 59.4 Å². The lowest BCUT2D eigenvalue weighted by atomic mass is 10.3. The lowest BCUT2D eigenvalue weighted by Crippen LogP contribution is -2.05. The van der Waals surface area contributed by atoms with Crippen LogP contribution in [0.25, 0.3) is 0 Å². The fraction of sp³-hybridized carbons (Fsp3) is 0.143. The summed E-state index contributed by atoms with van der Waals surface area (Å²) in [5, 5.41) is 8.23. The summed E-state index contributed by atoms with van der Waals surface area (Å²) in [7, 11) is 0. The summed E-state index contributed by atoms with van der Waals surface area (Å²) in [5.74, 6) is 0.139. The van der Waals surface area contributed by atoms with Gasteiger partial charge in [0, 0.05) is 11.8 Å². The molecule has 1 aromatic rings. The Morgan fingerprint density at radius 1 is 1.73 bits per heavy atom. The molecule has 0 spiro atoms. The molecule has 1 rings (SSSR count). The van der Waals surface area contributed by atoms with E-state index in [1.54, 1.807) is 19.1 Å². The molecule has 0 fully saturated rings. The zero-order chi connectivity index (χ0) is 8.27. The van der Waals surface area contributed by atoms with Crippen LogP contribution in [0.4, 0.5) is 4.79 Å².